The molecule has 1 heterocycles. The highest BCUT2D eigenvalue weighted by Crippen LogP contribution is 2.17. The van der Waals surface area contributed by atoms with Gasteiger partial charge in [0.2, 0.25) is 0 Å². The van der Waals surface area contributed by atoms with Crippen molar-refractivity contribution in [2.24, 2.45) is 0 Å². The molecule has 0 aliphatic carbocycles. The zero-order chi connectivity index (χ0) is 11.2. The molecule has 0 amide bonds. The fraction of sp³-hybridized carbons (Fsp3) is 0.538. The van der Waals surface area contributed by atoms with Crippen LogP contribution in [0.4, 0.5) is 5.69 Å². The van der Waals surface area contributed by atoms with Crippen LogP contribution < -0.4 is 15.4 Å². The molecule has 1 fully saturated rings. The zero-order valence-electron chi connectivity index (χ0n) is 9.83. The van der Waals surface area contributed by atoms with Gasteiger partial charge in [-0.05, 0) is 43.7 Å². The Hall–Kier alpha value is -1.22. The second kappa shape index (κ2) is 5.75. The van der Waals surface area contributed by atoms with E-state index < -0.39 is 0 Å². The Bertz CT molecular complexity index is 304. The monoisotopic (exact) mass is 220 g/mol. The second-order valence-corrected chi connectivity index (χ2v) is 4.21. The SMILES string of the molecule is CCCOc1ccc(NC2CCNC2)cc1. The molecule has 1 aromatic rings. The number of hydrogen-bond donors (Lipinski definition) is 2. The van der Waals surface area contributed by atoms with Crippen LogP contribution in [0.25, 0.3) is 0 Å². The Balaban J connectivity index is 1.86. The van der Waals surface area contributed by atoms with Gasteiger partial charge in [-0.3, -0.25) is 0 Å². The third kappa shape index (κ3) is 3.14. The van der Waals surface area contributed by atoms with Crippen molar-refractivity contribution in [1.82, 2.24) is 5.32 Å². The van der Waals surface area contributed by atoms with E-state index in [1.807, 2.05) is 12.1 Å². The maximum atomic E-state index is 5.54. The molecular weight excluding hydrogens is 200 g/mol. The van der Waals surface area contributed by atoms with Gasteiger partial charge in [0.05, 0.1) is 6.61 Å². The molecular formula is C13H20N2O. The van der Waals surface area contributed by atoms with Crippen molar-refractivity contribution in [3.63, 3.8) is 0 Å². The smallest absolute Gasteiger partial charge is 0.119 e. The van der Waals surface area contributed by atoms with Crippen LogP contribution >= 0.6 is 0 Å². The molecule has 2 rings (SSSR count). The van der Waals surface area contributed by atoms with Crippen LogP contribution in [0.1, 0.15) is 19.8 Å². The lowest BCUT2D eigenvalue weighted by Gasteiger charge is -2.13. The van der Waals surface area contributed by atoms with Crippen molar-refractivity contribution in [3.8, 4) is 5.75 Å². The van der Waals surface area contributed by atoms with Crippen LogP contribution in [-0.2, 0) is 0 Å². The second-order valence-electron chi connectivity index (χ2n) is 4.21. The molecule has 1 aromatic carbocycles. The van der Waals surface area contributed by atoms with Gasteiger partial charge in [-0.1, -0.05) is 6.92 Å². The Morgan fingerprint density at radius 1 is 1.38 bits per heavy atom. The zero-order valence-corrected chi connectivity index (χ0v) is 9.83. The van der Waals surface area contributed by atoms with E-state index in [-0.39, 0.29) is 0 Å². The molecule has 3 nitrogen and oxygen atoms in total. The summed E-state index contributed by atoms with van der Waals surface area (Å²) in [4.78, 5) is 0. The normalized spacial score (nSPS) is 19.7. The number of nitrogens with one attached hydrogen (secondary N) is 2. The minimum atomic E-state index is 0.572. The first kappa shape index (κ1) is 11.3. The molecule has 1 unspecified atom stereocenters. The van der Waals surface area contributed by atoms with Crippen molar-refractivity contribution in [2.45, 2.75) is 25.8 Å². The average molecular weight is 220 g/mol. The molecule has 0 spiro atoms. The quantitative estimate of drug-likeness (QED) is 0.798. The highest BCUT2D eigenvalue weighted by molar-refractivity contribution is 5.47. The van der Waals surface area contributed by atoms with Gasteiger partial charge >= 0.3 is 0 Å². The molecule has 1 aliphatic rings. The standard InChI is InChI=1S/C13H20N2O/c1-2-9-16-13-5-3-11(4-6-13)15-12-7-8-14-10-12/h3-6,12,14-15H,2,7-10H2,1H3. The minimum absolute atomic E-state index is 0.572. The summed E-state index contributed by atoms with van der Waals surface area (Å²) in [6.45, 7) is 5.09. The topological polar surface area (TPSA) is 33.3 Å². The third-order valence-electron chi connectivity index (χ3n) is 2.76. The molecule has 1 saturated heterocycles. The fourth-order valence-corrected chi connectivity index (χ4v) is 1.88. The molecule has 88 valence electrons. The van der Waals surface area contributed by atoms with Crippen LogP contribution in [0.3, 0.4) is 0 Å². The van der Waals surface area contributed by atoms with Gasteiger partial charge in [-0.15, -0.1) is 0 Å². The molecule has 1 aliphatic heterocycles. The molecule has 0 bridgehead atoms. The molecule has 3 heteroatoms. The number of anilines is 1. The first-order valence-electron chi connectivity index (χ1n) is 6.08. The molecule has 0 saturated carbocycles. The maximum Gasteiger partial charge on any atom is 0.119 e. The van der Waals surface area contributed by atoms with E-state index >= 15 is 0 Å². The van der Waals surface area contributed by atoms with Crippen molar-refractivity contribution in [2.75, 3.05) is 25.0 Å². The van der Waals surface area contributed by atoms with Gasteiger partial charge in [0, 0.05) is 18.3 Å². The summed E-state index contributed by atoms with van der Waals surface area (Å²) >= 11 is 0. The van der Waals surface area contributed by atoms with Crippen molar-refractivity contribution < 1.29 is 4.74 Å². The van der Waals surface area contributed by atoms with Crippen molar-refractivity contribution >= 4 is 5.69 Å². The number of benzene rings is 1. The van der Waals surface area contributed by atoms with Crippen LogP contribution in [0, 0.1) is 0 Å². The Morgan fingerprint density at radius 2 is 2.19 bits per heavy atom. The largest absolute Gasteiger partial charge is 0.494 e. The molecule has 2 N–H and O–H groups in total. The van der Waals surface area contributed by atoms with Gasteiger partial charge in [-0.25, -0.2) is 0 Å². The summed E-state index contributed by atoms with van der Waals surface area (Å²) in [5.74, 6) is 0.956. The lowest BCUT2D eigenvalue weighted by molar-refractivity contribution is 0.317. The first-order chi connectivity index (χ1) is 7.88. The fourth-order valence-electron chi connectivity index (χ4n) is 1.88. The Labute approximate surface area is 97.2 Å². The van der Waals surface area contributed by atoms with E-state index in [1.165, 1.54) is 12.1 Å². The first-order valence-corrected chi connectivity index (χ1v) is 6.08. The lowest BCUT2D eigenvalue weighted by atomic mass is 10.2. The van der Waals surface area contributed by atoms with Gasteiger partial charge < -0.3 is 15.4 Å². The van der Waals surface area contributed by atoms with E-state index in [1.54, 1.807) is 0 Å². The van der Waals surface area contributed by atoms with Crippen LogP contribution in [-0.4, -0.2) is 25.7 Å². The van der Waals surface area contributed by atoms with Crippen LogP contribution in [0.2, 0.25) is 0 Å². The van der Waals surface area contributed by atoms with Crippen molar-refractivity contribution in [1.29, 1.82) is 0 Å². The summed E-state index contributed by atoms with van der Waals surface area (Å²) in [5.41, 5.74) is 1.18. The molecule has 16 heavy (non-hydrogen) atoms. The van der Waals surface area contributed by atoms with Gasteiger partial charge in [0.25, 0.3) is 0 Å². The van der Waals surface area contributed by atoms with E-state index in [0.717, 1.165) is 31.9 Å². The summed E-state index contributed by atoms with van der Waals surface area (Å²) in [6, 6.07) is 8.80. The maximum absolute atomic E-state index is 5.54. The molecule has 0 radical (unpaired) electrons. The highest BCUT2D eigenvalue weighted by atomic mass is 16.5. The van der Waals surface area contributed by atoms with Gasteiger partial charge in [0.1, 0.15) is 5.75 Å². The Morgan fingerprint density at radius 3 is 2.81 bits per heavy atom. The number of rotatable bonds is 5. The highest BCUT2D eigenvalue weighted by Gasteiger charge is 2.13. The van der Waals surface area contributed by atoms with E-state index in [4.69, 9.17) is 4.74 Å². The number of ether oxygens (including phenoxy) is 1. The number of hydrogen-bond acceptors (Lipinski definition) is 3. The minimum Gasteiger partial charge on any atom is -0.494 e. The third-order valence-corrected chi connectivity index (χ3v) is 2.76. The van der Waals surface area contributed by atoms with Crippen LogP contribution in [0.15, 0.2) is 24.3 Å². The molecule has 1 atom stereocenters. The molecule has 0 aromatic heterocycles. The van der Waals surface area contributed by atoms with E-state index in [2.05, 4.69) is 29.7 Å². The predicted octanol–water partition coefficient (Wildman–Crippen LogP) is 2.25. The Kier molecular flexibility index (Phi) is 4.05. The van der Waals surface area contributed by atoms with E-state index in [9.17, 15) is 0 Å². The average Bonchev–Trinajstić information content (AvgIpc) is 2.81. The van der Waals surface area contributed by atoms with Crippen LogP contribution in [0.5, 0.6) is 5.75 Å². The van der Waals surface area contributed by atoms with Crippen molar-refractivity contribution in [3.05, 3.63) is 24.3 Å². The van der Waals surface area contributed by atoms with Gasteiger partial charge in [0.15, 0.2) is 0 Å². The predicted molar refractivity (Wildman–Crippen MR) is 67.1 cm³/mol. The van der Waals surface area contributed by atoms with Gasteiger partial charge in [-0.2, -0.15) is 0 Å². The lowest BCUT2D eigenvalue weighted by Crippen LogP contribution is -2.21. The summed E-state index contributed by atoms with van der Waals surface area (Å²) in [7, 11) is 0. The van der Waals surface area contributed by atoms with E-state index in [0.29, 0.717) is 6.04 Å². The summed E-state index contributed by atoms with van der Waals surface area (Å²) < 4.78 is 5.54. The summed E-state index contributed by atoms with van der Waals surface area (Å²) in [6.07, 6.45) is 2.25. The summed E-state index contributed by atoms with van der Waals surface area (Å²) in [5, 5.41) is 6.85.